The van der Waals surface area contributed by atoms with Crippen LogP contribution >= 0.6 is 22.9 Å². The van der Waals surface area contributed by atoms with Gasteiger partial charge >= 0.3 is 0 Å². The van der Waals surface area contributed by atoms with Crippen molar-refractivity contribution >= 4 is 34.0 Å². The summed E-state index contributed by atoms with van der Waals surface area (Å²) in [5.41, 5.74) is 1.89. The van der Waals surface area contributed by atoms with Gasteiger partial charge in [-0.05, 0) is 43.6 Å². The average Bonchev–Trinajstić information content (AvgIpc) is 3.02. The van der Waals surface area contributed by atoms with Gasteiger partial charge in [0.1, 0.15) is 6.61 Å². The number of ether oxygens (including phenoxy) is 1. The van der Waals surface area contributed by atoms with E-state index in [4.69, 9.17) is 21.4 Å². The fourth-order valence-corrected chi connectivity index (χ4v) is 4.07. The van der Waals surface area contributed by atoms with Gasteiger partial charge in [0.25, 0.3) is 5.91 Å². The molecule has 2 heterocycles. The van der Waals surface area contributed by atoms with Crippen molar-refractivity contribution in [2.24, 2.45) is 0 Å². The zero-order valence-electron chi connectivity index (χ0n) is 14.3. The number of rotatable bonds is 7. The molecule has 1 fully saturated rings. The molecule has 1 aromatic carbocycles. The second kappa shape index (κ2) is 9.43. The third-order valence-electron chi connectivity index (χ3n) is 4.16. The van der Waals surface area contributed by atoms with Gasteiger partial charge < -0.3 is 15.2 Å². The van der Waals surface area contributed by atoms with E-state index in [-0.39, 0.29) is 6.10 Å². The summed E-state index contributed by atoms with van der Waals surface area (Å²) >= 11 is 7.48. The molecule has 1 aliphatic rings. The van der Waals surface area contributed by atoms with E-state index >= 15 is 0 Å². The predicted octanol–water partition coefficient (Wildman–Crippen LogP) is 2.59. The van der Waals surface area contributed by atoms with Crippen molar-refractivity contribution in [1.82, 2.24) is 10.3 Å². The maximum Gasteiger partial charge on any atom is 0.251 e. The van der Waals surface area contributed by atoms with Crippen molar-refractivity contribution < 1.29 is 14.6 Å². The number of hydrogen-bond acceptors (Lipinski definition) is 6. The van der Waals surface area contributed by atoms with Gasteiger partial charge in [0, 0.05) is 16.3 Å². The molecule has 2 aromatic rings. The minimum Gasteiger partial charge on any atom is -0.387 e. The molecule has 8 heteroatoms. The number of halogens is 1. The van der Waals surface area contributed by atoms with Crippen molar-refractivity contribution in [2.45, 2.75) is 32.0 Å². The van der Waals surface area contributed by atoms with E-state index in [2.05, 4.69) is 15.6 Å². The van der Waals surface area contributed by atoms with E-state index in [9.17, 15) is 4.79 Å². The molecule has 0 aliphatic carbocycles. The highest BCUT2D eigenvalue weighted by Gasteiger charge is 2.18. The van der Waals surface area contributed by atoms with E-state index in [1.807, 2.05) is 24.3 Å². The molecule has 0 saturated carbocycles. The van der Waals surface area contributed by atoms with Gasteiger partial charge in [-0.2, -0.15) is 0 Å². The average molecular weight is 396 g/mol. The quantitative estimate of drug-likeness (QED) is 0.671. The molecule has 3 rings (SSSR count). The summed E-state index contributed by atoms with van der Waals surface area (Å²) in [6, 6.07) is 7.68. The Labute approximate surface area is 161 Å². The smallest absolute Gasteiger partial charge is 0.251 e. The number of piperidine rings is 1. The number of carbonyl (C=O) groups is 1. The summed E-state index contributed by atoms with van der Waals surface area (Å²) < 4.78 is 6.03. The molecule has 0 unspecified atom stereocenters. The minimum absolute atomic E-state index is 0.229. The molecule has 140 valence electrons. The first-order chi connectivity index (χ1) is 12.6. The van der Waals surface area contributed by atoms with Crippen LogP contribution in [0.25, 0.3) is 0 Å². The first-order valence-corrected chi connectivity index (χ1v) is 9.79. The Morgan fingerprint density at radius 3 is 2.96 bits per heavy atom. The largest absolute Gasteiger partial charge is 0.387 e. The molecule has 3 N–H and O–H groups in total. The Hall–Kier alpha value is -1.51. The van der Waals surface area contributed by atoms with Crippen molar-refractivity contribution in [3.8, 4) is 0 Å². The van der Waals surface area contributed by atoms with Gasteiger partial charge in [0.15, 0.2) is 5.13 Å². The number of carbonyl (C=O) groups excluding carboxylic acids is 1. The third-order valence-corrected chi connectivity index (χ3v) is 5.41. The molecule has 1 aliphatic heterocycles. The predicted molar refractivity (Wildman–Crippen MR) is 103 cm³/mol. The number of benzene rings is 1. The van der Waals surface area contributed by atoms with E-state index in [1.54, 1.807) is 0 Å². The molecular weight excluding hydrogens is 374 g/mol. The first-order valence-electron chi connectivity index (χ1n) is 8.60. The first kappa shape index (κ1) is 19.3. The number of nitrogens with zero attached hydrogens (tertiary/aromatic N) is 1. The van der Waals surface area contributed by atoms with Crippen LogP contribution < -0.4 is 10.6 Å². The van der Waals surface area contributed by atoms with E-state index in [0.29, 0.717) is 23.2 Å². The van der Waals surface area contributed by atoms with Gasteiger partial charge in [-0.15, -0.1) is 11.3 Å². The number of aliphatic hydroxyl groups is 1. The summed E-state index contributed by atoms with van der Waals surface area (Å²) in [5.74, 6) is -0.473. The molecule has 0 spiro atoms. The summed E-state index contributed by atoms with van der Waals surface area (Å²) in [7, 11) is 0. The molecular formula is C18H22ClN3O3S. The zero-order valence-corrected chi connectivity index (χ0v) is 15.9. The van der Waals surface area contributed by atoms with Crippen LogP contribution in [0.3, 0.4) is 0 Å². The van der Waals surface area contributed by atoms with Gasteiger partial charge in [0.2, 0.25) is 0 Å². The Kier molecular flexibility index (Phi) is 6.99. The lowest BCUT2D eigenvalue weighted by Gasteiger charge is -2.22. The number of thiazole rings is 1. The van der Waals surface area contributed by atoms with Crippen LogP contribution in [-0.4, -0.2) is 41.8 Å². The number of hydrogen-bond donors (Lipinski definition) is 3. The monoisotopic (exact) mass is 395 g/mol. The lowest BCUT2D eigenvalue weighted by molar-refractivity contribution is -0.118. The summed E-state index contributed by atoms with van der Waals surface area (Å²) in [4.78, 5) is 17.0. The highest BCUT2D eigenvalue weighted by molar-refractivity contribution is 7.15. The lowest BCUT2D eigenvalue weighted by Crippen LogP contribution is -2.32. The van der Waals surface area contributed by atoms with Crippen LogP contribution in [0.5, 0.6) is 0 Å². The van der Waals surface area contributed by atoms with Crippen LogP contribution in [0, 0.1) is 0 Å². The highest BCUT2D eigenvalue weighted by Crippen LogP contribution is 2.28. The number of anilines is 1. The van der Waals surface area contributed by atoms with Crippen LogP contribution in [0.4, 0.5) is 5.13 Å². The highest BCUT2D eigenvalue weighted by atomic mass is 35.5. The summed E-state index contributed by atoms with van der Waals surface area (Å²) in [6.07, 6.45) is 2.87. The maximum atomic E-state index is 11.5. The summed E-state index contributed by atoms with van der Waals surface area (Å²) in [5, 5.41) is 16.0. The van der Waals surface area contributed by atoms with Crippen molar-refractivity contribution in [1.29, 1.82) is 0 Å². The number of nitrogens with one attached hydrogen (secondary N) is 2. The van der Waals surface area contributed by atoms with E-state index in [1.165, 1.54) is 11.3 Å². The van der Waals surface area contributed by atoms with Gasteiger partial charge in [0.05, 0.1) is 18.4 Å². The third kappa shape index (κ3) is 5.49. The molecule has 0 radical (unpaired) electrons. The minimum atomic E-state index is -0.565. The van der Waals surface area contributed by atoms with Crippen molar-refractivity contribution in [3.05, 3.63) is 45.4 Å². The number of aliphatic hydroxyl groups excluding tert-OH is 1. The normalized spacial score (nSPS) is 15.2. The van der Waals surface area contributed by atoms with Gasteiger partial charge in [-0.3, -0.25) is 10.1 Å². The second-order valence-corrected chi connectivity index (χ2v) is 7.68. The molecule has 0 bridgehead atoms. The fraction of sp³-hybridized carbons (Fsp3) is 0.444. The van der Waals surface area contributed by atoms with Crippen LogP contribution in [0.1, 0.15) is 29.0 Å². The molecule has 26 heavy (non-hydrogen) atoms. The molecule has 6 nitrogen and oxygen atoms in total. The van der Waals surface area contributed by atoms with E-state index in [0.717, 1.165) is 42.1 Å². The Bertz CT molecular complexity index is 747. The van der Waals surface area contributed by atoms with E-state index < -0.39 is 12.5 Å². The van der Waals surface area contributed by atoms with Crippen molar-refractivity contribution in [2.75, 3.05) is 25.0 Å². The molecule has 1 aromatic heterocycles. The van der Waals surface area contributed by atoms with Crippen LogP contribution in [0.15, 0.2) is 24.3 Å². The van der Waals surface area contributed by atoms with Crippen molar-refractivity contribution in [3.63, 3.8) is 0 Å². The second-order valence-electron chi connectivity index (χ2n) is 6.16. The maximum absolute atomic E-state index is 11.5. The standard InChI is InChI=1S/C18H22ClN3O3S/c19-13-3-1-2-12(8-13)9-16-15(11-25-14-4-6-20-7-5-14)21-18(26-16)22-17(24)10-23/h1-3,8,14,20,23H,4-7,9-11H2,(H,21,22,24). The Morgan fingerprint density at radius 1 is 1.42 bits per heavy atom. The van der Waals surface area contributed by atoms with Gasteiger partial charge in [-0.1, -0.05) is 23.7 Å². The molecule has 0 atom stereocenters. The SMILES string of the molecule is O=C(CO)Nc1nc(COC2CCNCC2)c(Cc2cccc(Cl)c2)s1. The topological polar surface area (TPSA) is 83.5 Å². The number of aromatic nitrogens is 1. The van der Waals surface area contributed by atoms with Gasteiger partial charge in [-0.25, -0.2) is 4.98 Å². The summed E-state index contributed by atoms with van der Waals surface area (Å²) in [6.45, 7) is 1.78. The molecule has 1 amide bonds. The number of amides is 1. The fourth-order valence-electron chi connectivity index (χ4n) is 2.84. The van der Waals surface area contributed by atoms with Crippen LogP contribution in [0.2, 0.25) is 5.02 Å². The Balaban J connectivity index is 1.74. The molecule has 1 saturated heterocycles. The lowest BCUT2D eigenvalue weighted by atomic mass is 10.1. The Morgan fingerprint density at radius 2 is 2.23 bits per heavy atom. The zero-order chi connectivity index (χ0) is 18.4. The van der Waals surface area contributed by atoms with Crippen LogP contribution in [-0.2, 0) is 22.6 Å².